The molecule has 3 aromatic rings. The number of aromatic nitrogens is 1. The molecule has 22 heavy (non-hydrogen) atoms. The molecule has 2 N–H and O–H groups in total. The highest BCUT2D eigenvalue weighted by Gasteiger charge is 2.10. The average molecular weight is 312 g/mol. The van der Waals surface area contributed by atoms with Crippen LogP contribution in [0.2, 0.25) is 0 Å². The number of hydrogen-bond acceptors (Lipinski definition) is 4. The lowest BCUT2D eigenvalue weighted by atomic mass is 10.0. The largest absolute Gasteiger partial charge is 0.288 e. The van der Waals surface area contributed by atoms with E-state index in [4.69, 9.17) is 5.21 Å². The fourth-order valence-electron chi connectivity index (χ4n) is 2.27. The Morgan fingerprint density at radius 3 is 2.55 bits per heavy atom. The molecule has 0 spiro atoms. The number of amides is 1. The van der Waals surface area contributed by atoms with Gasteiger partial charge in [-0.05, 0) is 29.7 Å². The fraction of sp³-hybridized carbons (Fsp3) is 0.176. The van der Waals surface area contributed by atoms with Gasteiger partial charge in [-0.15, -0.1) is 11.3 Å². The molecule has 4 nitrogen and oxygen atoms in total. The van der Waals surface area contributed by atoms with Gasteiger partial charge in [-0.3, -0.25) is 10.0 Å². The van der Waals surface area contributed by atoms with Gasteiger partial charge in [-0.1, -0.05) is 38.1 Å². The third-order valence-electron chi connectivity index (χ3n) is 3.58. The van der Waals surface area contributed by atoms with Gasteiger partial charge in [0.15, 0.2) is 0 Å². The maximum absolute atomic E-state index is 11.4. The predicted molar refractivity (Wildman–Crippen MR) is 88.4 cm³/mol. The summed E-state index contributed by atoms with van der Waals surface area (Å²) < 4.78 is 1.01. The number of hydrogen-bond donors (Lipinski definition) is 2. The summed E-state index contributed by atoms with van der Waals surface area (Å²) in [6, 6.07) is 13.6. The molecule has 5 heteroatoms. The Kier molecular flexibility index (Phi) is 3.92. The van der Waals surface area contributed by atoms with E-state index in [1.807, 2.05) is 6.07 Å². The van der Waals surface area contributed by atoms with E-state index in [0.717, 1.165) is 20.8 Å². The topological polar surface area (TPSA) is 62.2 Å². The maximum atomic E-state index is 11.4. The molecule has 0 aliphatic rings. The Bertz CT molecular complexity index is 822. The first-order valence-electron chi connectivity index (χ1n) is 7.04. The van der Waals surface area contributed by atoms with Crippen LogP contribution in [0.5, 0.6) is 0 Å². The molecule has 0 bridgehead atoms. The lowest BCUT2D eigenvalue weighted by Gasteiger charge is -2.05. The van der Waals surface area contributed by atoms with Crippen molar-refractivity contribution in [1.82, 2.24) is 10.5 Å². The summed E-state index contributed by atoms with van der Waals surface area (Å²) >= 11 is 1.59. The zero-order chi connectivity index (χ0) is 15.7. The second-order valence-corrected chi connectivity index (χ2v) is 6.45. The Balaban J connectivity index is 1.99. The lowest BCUT2D eigenvalue weighted by molar-refractivity contribution is 0.0706. The van der Waals surface area contributed by atoms with Gasteiger partial charge in [0, 0.05) is 11.1 Å². The molecule has 0 saturated heterocycles. The maximum Gasteiger partial charge on any atom is 0.274 e. The first-order chi connectivity index (χ1) is 10.6. The quantitative estimate of drug-likeness (QED) is 0.562. The van der Waals surface area contributed by atoms with Gasteiger partial charge < -0.3 is 0 Å². The van der Waals surface area contributed by atoms with Crippen molar-refractivity contribution >= 4 is 27.5 Å². The van der Waals surface area contributed by atoms with Crippen molar-refractivity contribution in [2.45, 2.75) is 19.8 Å². The molecular weight excluding hydrogens is 296 g/mol. The summed E-state index contributed by atoms with van der Waals surface area (Å²) in [6.45, 7) is 4.33. The second-order valence-electron chi connectivity index (χ2n) is 5.42. The smallest absolute Gasteiger partial charge is 0.274 e. The van der Waals surface area contributed by atoms with E-state index in [2.05, 4.69) is 43.1 Å². The minimum atomic E-state index is -0.530. The highest BCUT2D eigenvalue weighted by molar-refractivity contribution is 7.21. The molecule has 0 aliphatic heterocycles. The highest BCUT2D eigenvalue weighted by atomic mass is 32.1. The van der Waals surface area contributed by atoms with Crippen LogP contribution in [0.1, 0.15) is 35.7 Å². The number of carbonyl (C=O) groups excluding carboxylic acids is 1. The molecule has 0 aliphatic carbocycles. The molecule has 3 rings (SSSR count). The van der Waals surface area contributed by atoms with Crippen molar-refractivity contribution in [3.63, 3.8) is 0 Å². The van der Waals surface area contributed by atoms with Crippen molar-refractivity contribution < 1.29 is 10.0 Å². The molecule has 0 atom stereocenters. The third kappa shape index (κ3) is 2.73. The molecular formula is C17H16N2O2S. The van der Waals surface area contributed by atoms with Crippen LogP contribution >= 0.6 is 11.3 Å². The van der Waals surface area contributed by atoms with Crippen LogP contribution in [-0.2, 0) is 0 Å². The van der Waals surface area contributed by atoms with E-state index < -0.39 is 5.91 Å². The van der Waals surface area contributed by atoms with Gasteiger partial charge in [0.1, 0.15) is 5.01 Å². The second kappa shape index (κ2) is 5.87. The number of carbonyl (C=O) groups is 1. The van der Waals surface area contributed by atoms with Gasteiger partial charge in [-0.2, -0.15) is 0 Å². The zero-order valence-electron chi connectivity index (χ0n) is 12.3. The predicted octanol–water partition coefficient (Wildman–Crippen LogP) is 4.21. The SMILES string of the molecule is CC(C)c1ccc(-c2nc3cc(C(=O)NO)ccc3s2)cc1. The number of nitrogens with zero attached hydrogens (tertiary/aromatic N) is 1. The molecule has 0 radical (unpaired) electrons. The Morgan fingerprint density at radius 1 is 1.18 bits per heavy atom. The van der Waals surface area contributed by atoms with E-state index in [1.165, 1.54) is 5.56 Å². The number of thiazole rings is 1. The Labute approximate surface area is 132 Å². The summed E-state index contributed by atoms with van der Waals surface area (Å²) in [4.78, 5) is 16.0. The van der Waals surface area contributed by atoms with Crippen LogP contribution in [0.15, 0.2) is 42.5 Å². The molecule has 1 aromatic heterocycles. The van der Waals surface area contributed by atoms with Crippen LogP contribution in [0.4, 0.5) is 0 Å². The summed E-state index contributed by atoms with van der Waals surface area (Å²) in [5.74, 6) is -0.0262. The van der Waals surface area contributed by atoms with Crippen molar-refractivity contribution in [3.05, 3.63) is 53.6 Å². The highest BCUT2D eigenvalue weighted by Crippen LogP contribution is 2.31. The van der Waals surface area contributed by atoms with Crippen LogP contribution < -0.4 is 5.48 Å². The molecule has 0 saturated carbocycles. The average Bonchev–Trinajstić information content (AvgIpc) is 2.97. The first kappa shape index (κ1) is 14.7. The minimum Gasteiger partial charge on any atom is -0.288 e. The normalized spacial score (nSPS) is 11.1. The van der Waals surface area contributed by atoms with Gasteiger partial charge in [0.2, 0.25) is 0 Å². The third-order valence-corrected chi connectivity index (χ3v) is 4.66. The molecule has 112 valence electrons. The van der Waals surface area contributed by atoms with E-state index in [9.17, 15) is 4.79 Å². The fourth-order valence-corrected chi connectivity index (χ4v) is 3.22. The lowest BCUT2D eigenvalue weighted by Crippen LogP contribution is -2.18. The van der Waals surface area contributed by atoms with Gasteiger partial charge in [0.25, 0.3) is 5.91 Å². The van der Waals surface area contributed by atoms with Crippen molar-refractivity contribution in [1.29, 1.82) is 0 Å². The van der Waals surface area contributed by atoms with Crippen LogP contribution in [0, 0.1) is 0 Å². The van der Waals surface area contributed by atoms with Gasteiger partial charge in [0.05, 0.1) is 10.2 Å². The number of benzene rings is 2. The van der Waals surface area contributed by atoms with Gasteiger partial charge in [-0.25, -0.2) is 10.5 Å². The molecule has 1 amide bonds. The van der Waals surface area contributed by atoms with Crippen molar-refractivity contribution in [2.75, 3.05) is 0 Å². The van der Waals surface area contributed by atoms with Crippen LogP contribution in [-0.4, -0.2) is 16.1 Å². The molecule has 0 unspecified atom stereocenters. The monoisotopic (exact) mass is 312 g/mol. The number of nitrogens with one attached hydrogen (secondary N) is 1. The van der Waals surface area contributed by atoms with Gasteiger partial charge >= 0.3 is 0 Å². The van der Waals surface area contributed by atoms with E-state index in [0.29, 0.717) is 11.5 Å². The summed E-state index contributed by atoms with van der Waals surface area (Å²) in [5.41, 5.74) is 5.15. The number of fused-ring (bicyclic) bond motifs is 1. The van der Waals surface area contributed by atoms with E-state index in [1.54, 1.807) is 28.9 Å². The Morgan fingerprint density at radius 2 is 1.91 bits per heavy atom. The summed E-state index contributed by atoms with van der Waals surface area (Å²) in [7, 11) is 0. The Hall–Kier alpha value is -2.24. The standard InChI is InChI=1S/C17H16N2O2S/c1-10(2)11-3-5-12(6-4-11)17-18-14-9-13(16(20)19-21)7-8-15(14)22-17/h3-10,21H,1-2H3,(H,19,20). The van der Waals surface area contributed by atoms with E-state index in [-0.39, 0.29) is 0 Å². The molecule has 0 fully saturated rings. The zero-order valence-corrected chi connectivity index (χ0v) is 13.1. The molecule has 1 heterocycles. The van der Waals surface area contributed by atoms with Crippen molar-refractivity contribution in [2.24, 2.45) is 0 Å². The van der Waals surface area contributed by atoms with E-state index >= 15 is 0 Å². The first-order valence-corrected chi connectivity index (χ1v) is 7.85. The summed E-state index contributed by atoms with van der Waals surface area (Å²) in [5, 5.41) is 9.62. The molecule has 2 aromatic carbocycles. The summed E-state index contributed by atoms with van der Waals surface area (Å²) in [6.07, 6.45) is 0. The van der Waals surface area contributed by atoms with Crippen molar-refractivity contribution in [3.8, 4) is 10.6 Å². The number of rotatable bonds is 3. The number of hydroxylamine groups is 1. The van der Waals surface area contributed by atoms with Crippen LogP contribution in [0.3, 0.4) is 0 Å². The minimum absolute atomic E-state index is 0.391. The van der Waals surface area contributed by atoms with Crippen LogP contribution in [0.25, 0.3) is 20.8 Å².